The average molecular weight is 227 g/mol. The first-order valence-corrected chi connectivity index (χ1v) is 5.82. The molecular formula is C11H17NO4. The number of amides is 1. The molecule has 0 bridgehead atoms. The predicted molar refractivity (Wildman–Crippen MR) is 56.1 cm³/mol. The van der Waals surface area contributed by atoms with Gasteiger partial charge in [0.2, 0.25) is 0 Å². The van der Waals surface area contributed by atoms with Crippen molar-refractivity contribution in [3.63, 3.8) is 0 Å². The zero-order valence-electron chi connectivity index (χ0n) is 9.22. The van der Waals surface area contributed by atoms with Crippen LogP contribution in [0, 0.1) is 5.92 Å². The highest BCUT2D eigenvalue weighted by molar-refractivity contribution is 5.68. The van der Waals surface area contributed by atoms with Gasteiger partial charge in [-0.05, 0) is 31.6 Å². The van der Waals surface area contributed by atoms with Crippen LogP contribution in [0.3, 0.4) is 0 Å². The van der Waals surface area contributed by atoms with E-state index in [0.717, 1.165) is 25.7 Å². The molecule has 5 nitrogen and oxygen atoms in total. The molecule has 0 atom stereocenters. The number of likely N-dealkylation sites (tertiary alicyclic amines) is 1. The van der Waals surface area contributed by atoms with Crippen LogP contribution < -0.4 is 0 Å². The molecule has 2 aliphatic rings. The summed E-state index contributed by atoms with van der Waals surface area (Å²) in [7, 11) is 0. The number of nitrogens with zero attached hydrogens (tertiary/aromatic N) is 1. The lowest BCUT2D eigenvalue weighted by Gasteiger charge is -2.30. The van der Waals surface area contributed by atoms with Crippen molar-refractivity contribution in [1.29, 1.82) is 0 Å². The van der Waals surface area contributed by atoms with Gasteiger partial charge in [0.25, 0.3) is 0 Å². The van der Waals surface area contributed by atoms with Crippen LogP contribution in [0.4, 0.5) is 4.79 Å². The minimum atomic E-state index is -0.751. The molecule has 1 saturated carbocycles. The zero-order chi connectivity index (χ0) is 11.5. The van der Waals surface area contributed by atoms with Crippen molar-refractivity contribution in [3.05, 3.63) is 0 Å². The Hall–Kier alpha value is -1.26. The molecule has 5 heteroatoms. The van der Waals surface area contributed by atoms with Crippen LogP contribution in [0.15, 0.2) is 0 Å². The number of rotatable bonds is 3. The Morgan fingerprint density at radius 1 is 1.19 bits per heavy atom. The van der Waals surface area contributed by atoms with Gasteiger partial charge in [-0.25, -0.2) is 4.79 Å². The number of carbonyl (C=O) groups excluding carboxylic acids is 1. The molecule has 0 spiro atoms. The first kappa shape index (κ1) is 11.2. The van der Waals surface area contributed by atoms with Gasteiger partial charge in [0.05, 0.1) is 0 Å². The summed E-state index contributed by atoms with van der Waals surface area (Å²) in [6.07, 6.45) is 3.65. The molecular weight excluding hydrogens is 210 g/mol. The smallest absolute Gasteiger partial charge is 0.410 e. The molecule has 1 aliphatic heterocycles. The Bertz CT molecular complexity index is 280. The number of ether oxygens (including phenoxy) is 1. The van der Waals surface area contributed by atoms with Crippen molar-refractivity contribution >= 4 is 12.1 Å². The number of carboxylic acid groups (broad SMARTS) is 1. The van der Waals surface area contributed by atoms with Crippen LogP contribution in [0.5, 0.6) is 0 Å². The normalized spacial score (nSPS) is 21.9. The van der Waals surface area contributed by atoms with Gasteiger partial charge in [0.1, 0.15) is 6.10 Å². The lowest BCUT2D eigenvalue weighted by molar-refractivity contribution is -0.138. The van der Waals surface area contributed by atoms with Gasteiger partial charge in [-0.15, -0.1) is 0 Å². The Labute approximate surface area is 94.4 Å². The number of hydrogen-bond acceptors (Lipinski definition) is 3. The Morgan fingerprint density at radius 3 is 2.31 bits per heavy atom. The Balaban J connectivity index is 1.71. The number of aliphatic carboxylic acids is 1. The molecule has 0 aromatic heterocycles. The Morgan fingerprint density at radius 2 is 1.81 bits per heavy atom. The molecule has 16 heavy (non-hydrogen) atoms. The predicted octanol–water partition coefficient (Wildman–Crippen LogP) is 1.47. The molecule has 1 amide bonds. The summed E-state index contributed by atoms with van der Waals surface area (Å²) in [5, 5.41) is 8.66. The molecule has 0 aromatic carbocycles. The van der Waals surface area contributed by atoms with E-state index in [1.807, 2.05) is 0 Å². The third-order valence-corrected chi connectivity index (χ3v) is 3.13. The van der Waals surface area contributed by atoms with E-state index in [2.05, 4.69) is 0 Å². The van der Waals surface area contributed by atoms with Crippen molar-refractivity contribution < 1.29 is 19.4 Å². The number of piperidine rings is 1. The summed E-state index contributed by atoms with van der Waals surface area (Å²) < 4.78 is 5.19. The maximum absolute atomic E-state index is 11.6. The van der Waals surface area contributed by atoms with Gasteiger partial charge in [0, 0.05) is 19.5 Å². The van der Waals surface area contributed by atoms with Crippen LogP contribution >= 0.6 is 0 Å². The van der Waals surface area contributed by atoms with Gasteiger partial charge in [-0.1, -0.05) is 0 Å². The van der Waals surface area contributed by atoms with Crippen LogP contribution in [-0.2, 0) is 9.53 Å². The van der Waals surface area contributed by atoms with Crippen molar-refractivity contribution in [3.8, 4) is 0 Å². The minimum Gasteiger partial charge on any atom is -0.481 e. The van der Waals surface area contributed by atoms with E-state index in [9.17, 15) is 9.59 Å². The molecule has 0 aromatic rings. The van der Waals surface area contributed by atoms with Crippen molar-refractivity contribution in [1.82, 2.24) is 4.90 Å². The molecule has 90 valence electrons. The zero-order valence-corrected chi connectivity index (χ0v) is 9.22. The van der Waals surface area contributed by atoms with E-state index >= 15 is 0 Å². The third kappa shape index (κ3) is 3.12. The van der Waals surface area contributed by atoms with Gasteiger partial charge >= 0.3 is 12.1 Å². The van der Waals surface area contributed by atoms with Crippen LogP contribution in [0.1, 0.15) is 32.1 Å². The van der Waals surface area contributed by atoms with Crippen LogP contribution in [0.25, 0.3) is 0 Å². The molecule has 0 radical (unpaired) electrons. The van der Waals surface area contributed by atoms with Gasteiger partial charge < -0.3 is 14.7 Å². The monoisotopic (exact) mass is 227 g/mol. The fraction of sp³-hybridized carbons (Fsp3) is 0.818. The molecule has 2 fully saturated rings. The second-order valence-corrected chi connectivity index (χ2v) is 4.61. The van der Waals surface area contributed by atoms with E-state index in [0.29, 0.717) is 13.1 Å². The number of carbonyl (C=O) groups is 2. The van der Waals surface area contributed by atoms with Gasteiger partial charge in [-0.2, -0.15) is 0 Å². The van der Waals surface area contributed by atoms with E-state index < -0.39 is 5.97 Å². The fourth-order valence-corrected chi connectivity index (χ4v) is 1.97. The van der Waals surface area contributed by atoms with E-state index in [-0.39, 0.29) is 24.5 Å². The molecule has 1 heterocycles. The first-order chi connectivity index (χ1) is 7.65. The van der Waals surface area contributed by atoms with Crippen LogP contribution in [0.2, 0.25) is 0 Å². The third-order valence-electron chi connectivity index (χ3n) is 3.13. The molecule has 0 unspecified atom stereocenters. The van der Waals surface area contributed by atoms with Crippen molar-refractivity contribution in [2.24, 2.45) is 5.92 Å². The maximum Gasteiger partial charge on any atom is 0.410 e. The van der Waals surface area contributed by atoms with Crippen molar-refractivity contribution in [2.45, 2.75) is 38.2 Å². The molecule has 1 N–H and O–H groups in total. The summed E-state index contributed by atoms with van der Waals surface area (Å²) in [5.41, 5.74) is 0. The van der Waals surface area contributed by atoms with E-state index in [1.165, 1.54) is 0 Å². The minimum absolute atomic E-state index is 0.143. The summed E-state index contributed by atoms with van der Waals surface area (Å²) in [6, 6.07) is 0. The molecule has 2 rings (SSSR count). The second kappa shape index (κ2) is 4.72. The molecule has 1 saturated heterocycles. The highest BCUT2D eigenvalue weighted by atomic mass is 16.6. The molecule has 1 aliphatic carbocycles. The van der Waals surface area contributed by atoms with Gasteiger partial charge in [-0.3, -0.25) is 4.79 Å². The second-order valence-electron chi connectivity index (χ2n) is 4.61. The van der Waals surface area contributed by atoms with Crippen molar-refractivity contribution in [2.75, 3.05) is 13.1 Å². The van der Waals surface area contributed by atoms with E-state index in [4.69, 9.17) is 9.84 Å². The number of carboxylic acids is 1. The summed E-state index contributed by atoms with van der Waals surface area (Å²) in [6.45, 7) is 1.26. The summed E-state index contributed by atoms with van der Waals surface area (Å²) in [4.78, 5) is 23.8. The summed E-state index contributed by atoms with van der Waals surface area (Å²) >= 11 is 0. The Kier molecular flexibility index (Phi) is 3.31. The maximum atomic E-state index is 11.6. The fourth-order valence-electron chi connectivity index (χ4n) is 1.97. The largest absolute Gasteiger partial charge is 0.481 e. The standard InChI is InChI=1S/C11H17NO4/c13-10(14)7-8-3-5-12(6-4-8)11(15)16-9-1-2-9/h8-9H,1-7H2,(H,13,14). The quantitative estimate of drug-likeness (QED) is 0.792. The average Bonchev–Trinajstić information content (AvgIpc) is 3.01. The SMILES string of the molecule is O=C(O)CC1CCN(C(=O)OC2CC2)CC1. The number of hydrogen-bond donors (Lipinski definition) is 1. The van der Waals surface area contributed by atoms with Crippen LogP contribution in [-0.4, -0.2) is 41.3 Å². The topological polar surface area (TPSA) is 66.8 Å². The van der Waals surface area contributed by atoms with E-state index in [1.54, 1.807) is 4.90 Å². The lowest BCUT2D eigenvalue weighted by Crippen LogP contribution is -2.39. The summed E-state index contributed by atoms with van der Waals surface area (Å²) in [5.74, 6) is -0.540. The first-order valence-electron chi connectivity index (χ1n) is 5.82. The highest BCUT2D eigenvalue weighted by Gasteiger charge is 2.30. The highest BCUT2D eigenvalue weighted by Crippen LogP contribution is 2.26. The lowest BCUT2D eigenvalue weighted by atomic mass is 9.94. The van der Waals surface area contributed by atoms with Gasteiger partial charge in [0.15, 0.2) is 0 Å².